The number of aromatic nitrogens is 4. The van der Waals surface area contributed by atoms with E-state index in [1.165, 1.54) is 15.3 Å². The number of imidazole rings is 1. The summed E-state index contributed by atoms with van der Waals surface area (Å²) in [5.74, 6) is -0.0259. The molecule has 3 atom stereocenters. The molecular weight excluding hydrogens is 364 g/mol. The van der Waals surface area contributed by atoms with Gasteiger partial charge in [-0.1, -0.05) is 18.2 Å². The minimum atomic E-state index is -1.01. The van der Waals surface area contributed by atoms with Crippen molar-refractivity contribution in [2.24, 2.45) is 0 Å². The van der Waals surface area contributed by atoms with Gasteiger partial charge in [0.25, 0.3) is 0 Å². The molecule has 0 amide bonds. The predicted octanol–water partition coefficient (Wildman–Crippen LogP) is -0.264. The first-order valence-electron chi connectivity index (χ1n) is 8.69. The fourth-order valence-corrected chi connectivity index (χ4v) is 3.47. The normalized spacial score (nSPS) is 21.8. The monoisotopic (exact) mass is 382 g/mol. The number of aliphatic hydroxyl groups excluding tert-OH is 2. The average molecular weight is 382 g/mol. The van der Waals surface area contributed by atoms with Crippen molar-refractivity contribution in [1.29, 1.82) is 5.26 Å². The third-order valence-corrected chi connectivity index (χ3v) is 4.81. The first-order chi connectivity index (χ1) is 13.5. The maximum atomic E-state index is 13.2. The van der Waals surface area contributed by atoms with Crippen LogP contribution in [0.4, 0.5) is 5.95 Å². The van der Waals surface area contributed by atoms with Crippen LogP contribution in [0, 0.1) is 11.3 Å². The Bertz CT molecular complexity index is 1130. The van der Waals surface area contributed by atoms with Crippen molar-refractivity contribution in [3.05, 3.63) is 52.1 Å². The number of hydrogen-bond acceptors (Lipinski definition) is 8. The summed E-state index contributed by atoms with van der Waals surface area (Å²) in [4.78, 5) is 21.3. The highest BCUT2D eigenvalue weighted by Crippen LogP contribution is 2.30. The quantitative estimate of drug-likeness (QED) is 0.558. The first-order valence-corrected chi connectivity index (χ1v) is 8.69. The molecular formula is C18H18N6O4. The molecule has 2 aromatic heterocycles. The Balaban J connectivity index is 1.88. The fraction of sp³-hybridized carbons (Fsp3) is 0.333. The van der Waals surface area contributed by atoms with Crippen molar-refractivity contribution >= 4 is 17.1 Å². The van der Waals surface area contributed by atoms with Gasteiger partial charge in [0.1, 0.15) is 11.6 Å². The highest BCUT2D eigenvalue weighted by molar-refractivity contribution is 5.72. The van der Waals surface area contributed by atoms with E-state index in [-0.39, 0.29) is 31.2 Å². The third-order valence-electron chi connectivity index (χ3n) is 4.81. The van der Waals surface area contributed by atoms with Gasteiger partial charge in [0, 0.05) is 6.42 Å². The summed E-state index contributed by atoms with van der Waals surface area (Å²) in [6.45, 7) is -0.154. The smallest absolute Gasteiger partial charge is 0.332 e. The molecule has 0 aliphatic carbocycles. The van der Waals surface area contributed by atoms with Gasteiger partial charge in [0.15, 0.2) is 11.9 Å². The molecule has 0 bridgehead atoms. The van der Waals surface area contributed by atoms with Crippen molar-refractivity contribution in [3.63, 3.8) is 0 Å². The highest BCUT2D eigenvalue weighted by Gasteiger charge is 2.37. The molecule has 4 rings (SSSR count). The molecule has 3 heterocycles. The van der Waals surface area contributed by atoms with Gasteiger partial charge in [0.05, 0.1) is 37.1 Å². The van der Waals surface area contributed by atoms with E-state index >= 15 is 0 Å². The molecule has 10 nitrogen and oxygen atoms in total. The maximum absolute atomic E-state index is 13.2. The van der Waals surface area contributed by atoms with E-state index in [2.05, 4.69) is 16.0 Å². The van der Waals surface area contributed by atoms with E-state index in [1.807, 2.05) is 0 Å². The summed E-state index contributed by atoms with van der Waals surface area (Å²) in [5.41, 5.74) is 6.94. The molecule has 1 aliphatic rings. The zero-order chi connectivity index (χ0) is 19.8. The number of nitrogens with zero attached hydrogens (tertiary/aromatic N) is 5. The molecule has 1 aliphatic heterocycles. The summed E-state index contributed by atoms with van der Waals surface area (Å²) >= 11 is 0. The Hall–Kier alpha value is -3.26. The van der Waals surface area contributed by atoms with Gasteiger partial charge in [-0.25, -0.2) is 14.3 Å². The summed E-state index contributed by atoms with van der Waals surface area (Å²) in [6.07, 6.45) is -0.956. The number of nitrogens with two attached hydrogens (primary N) is 1. The average Bonchev–Trinajstić information content (AvgIpc) is 3.19. The molecule has 4 N–H and O–H groups in total. The van der Waals surface area contributed by atoms with Crippen LogP contribution in [0.25, 0.3) is 11.2 Å². The summed E-state index contributed by atoms with van der Waals surface area (Å²) in [6, 6.07) is 9.07. The van der Waals surface area contributed by atoms with E-state index < -0.39 is 24.1 Å². The zero-order valence-corrected chi connectivity index (χ0v) is 14.8. The number of hydrogen-bond donors (Lipinski definition) is 3. The molecule has 1 fully saturated rings. The maximum Gasteiger partial charge on any atom is 0.332 e. The Labute approximate surface area is 159 Å². The van der Waals surface area contributed by atoms with Gasteiger partial charge in [-0.2, -0.15) is 10.2 Å². The number of ether oxygens (including phenoxy) is 1. The van der Waals surface area contributed by atoms with Gasteiger partial charge in [-0.05, 0) is 11.6 Å². The molecule has 0 unspecified atom stereocenters. The summed E-state index contributed by atoms with van der Waals surface area (Å²) in [7, 11) is 0. The summed E-state index contributed by atoms with van der Waals surface area (Å²) < 4.78 is 8.28. The fourth-order valence-electron chi connectivity index (χ4n) is 3.47. The molecule has 3 aromatic rings. The summed E-state index contributed by atoms with van der Waals surface area (Å²) in [5, 5.41) is 29.0. The van der Waals surface area contributed by atoms with Gasteiger partial charge >= 0.3 is 5.69 Å². The first kappa shape index (κ1) is 18.1. The second-order valence-electron chi connectivity index (χ2n) is 6.58. The van der Waals surface area contributed by atoms with Crippen molar-refractivity contribution < 1.29 is 14.9 Å². The lowest BCUT2D eigenvalue weighted by Gasteiger charge is -2.15. The van der Waals surface area contributed by atoms with Gasteiger partial charge < -0.3 is 20.7 Å². The highest BCUT2D eigenvalue weighted by atomic mass is 16.5. The van der Waals surface area contributed by atoms with E-state index in [0.29, 0.717) is 16.6 Å². The molecule has 0 radical (unpaired) electrons. The van der Waals surface area contributed by atoms with Crippen LogP contribution in [0.15, 0.2) is 35.3 Å². The van der Waals surface area contributed by atoms with Crippen molar-refractivity contribution in [3.8, 4) is 6.07 Å². The van der Waals surface area contributed by atoms with Crippen LogP contribution in [0.5, 0.6) is 0 Å². The second kappa shape index (κ2) is 7.05. The Morgan fingerprint density at radius 3 is 2.89 bits per heavy atom. The topological polar surface area (TPSA) is 152 Å². The van der Waals surface area contributed by atoms with E-state index in [1.54, 1.807) is 24.3 Å². The number of nitriles is 1. The molecule has 1 aromatic carbocycles. The van der Waals surface area contributed by atoms with Crippen LogP contribution in [0.1, 0.15) is 23.8 Å². The number of nitrogen functional groups attached to an aromatic ring is 1. The number of benzene rings is 1. The van der Waals surface area contributed by atoms with E-state index in [0.717, 1.165) is 0 Å². The zero-order valence-electron chi connectivity index (χ0n) is 14.8. The number of fused-ring (bicyclic) bond motifs is 1. The molecule has 0 saturated carbocycles. The van der Waals surface area contributed by atoms with Gasteiger partial charge in [-0.15, -0.1) is 0 Å². The second-order valence-corrected chi connectivity index (χ2v) is 6.58. The Morgan fingerprint density at radius 1 is 1.39 bits per heavy atom. The largest absolute Gasteiger partial charge is 0.394 e. The minimum absolute atomic E-state index is 0.0259. The molecule has 10 heteroatoms. The minimum Gasteiger partial charge on any atom is -0.394 e. The molecule has 144 valence electrons. The van der Waals surface area contributed by atoms with Crippen LogP contribution in [0.3, 0.4) is 0 Å². The van der Waals surface area contributed by atoms with Crippen molar-refractivity contribution in [2.45, 2.75) is 31.4 Å². The Kier molecular flexibility index (Phi) is 4.56. The van der Waals surface area contributed by atoms with Crippen LogP contribution in [-0.2, 0) is 11.3 Å². The van der Waals surface area contributed by atoms with Gasteiger partial charge in [-0.3, -0.25) is 4.57 Å². The lowest BCUT2D eigenvalue weighted by Crippen LogP contribution is -2.32. The van der Waals surface area contributed by atoms with Gasteiger partial charge in [0.2, 0.25) is 5.95 Å². The number of anilines is 1. The Morgan fingerprint density at radius 2 is 2.18 bits per heavy atom. The lowest BCUT2D eigenvalue weighted by molar-refractivity contribution is -0.0505. The number of aliphatic hydroxyl groups is 2. The predicted molar refractivity (Wildman–Crippen MR) is 98.1 cm³/mol. The lowest BCUT2D eigenvalue weighted by atomic mass is 10.1. The molecule has 0 spiro atoms. The van der Waals surface area contributed by atoms with Crippen LogP contribution < -0.4 is 11.4 Å². The number of rotatable bonds is 4. The van der Waals surface area contributed by atoms with E-state index in [4.69, 9.17) is 10.5 Å². The van der Waals surface area contributed by atoms with Crippen molar-refractivity contribution in [1.82, 2.24) is 19.1 Å². The standard InChI is InChI=1S/C18H18N6O4/c19-6-10-3-1-2-4-11(10)8-23-13-7-21-17(20)22-15(13)24(18(23)27)16-14(26)5-12(9-25)28-16/h1-4,7,12,14,16,25-26H,5,8-9H2,(H2,20,21,22)/t12-,14+,16+/m0/s1. The molecule has 28 heavy (non-hydrogen) atoms. The van der Waals surface area contributed by atoms with Crippen LogP contribution >= 0.6 is 0 Å². The SMILES string of the molecule is N#Cc1ccccc1Cn1c(=O)n([C@@H]2O[C@H](CO)C[C@H]2O)c2nc(N)ncc21. The molecule has 1 saturated heterocycles. The van der Waals surface area contributed by atoms with Crippen LogP contribution in [0.2, 0.25) is 0 Å². The van der Waals surface area contributed by atoms with Crippen molar-refractivity contribution in [2.75, 3.05) is 12.3 Å². The van der Waals surface area contributed by atoms with Crippen LogP contribution in [-0.4, -0.2) is 48.1 Å². The van der Waals surface area contributed by atoms with E-state index in [9.17, 15) is 20.3 Å². The third kappa shape index (κ3) is 2.91.